The highest BCUT2D eigenvalue weighted by Gasteiger charge is 2.36. The van der Waals surface area contributed by atoms with Crippen molar-refractivity contribution in [2.45, 2.75) is 24.2 Å². The van der Waals surface area contributed by atoms with Crippen LogP contribution >= 0.6 is 0 Å². The Balaban J connectivity index is 1.82. The second-order valence-electron chi connectivity index (χ2n) is 6.58. The zero-order chi connectivity index (χ0) is 19.6. The predicted molar refractivity (Wildman–Crippen MR) is 97.6 cm³/mol. The molecule has 0 spiro atoms. The first-order valence-electron chi connectivity index (χ1n) is 8.57. The number of benzene rings is 1. The number of nitro groups is 2. The summed E-state index contributed by atoms with van der Waals surface area (Å²) in [6, 6.07) is 2.62. The molecule has 1 aromatic carbocycles. The first-order valence-corrected chi connectivity index (χ1v) is 10.0. The maximum Gasteiger partial charge on any atom is 0.296 e. The fraction of sp³-hybridized carbons (Fsp3) is 0.412. The van der Waals surface area contributed by atoms with Crippen molar-refractivity contribution in [1.82, 2.24) is 4.31 Å². The Kier molecular flexibility index (Phi) is 5.38. The Morgan fingerprint density at radius 1 is 1.00 bits per heavy atom. The van der Waals surface area contributed by atoms with Crippen molar-refractivity contribution in [3.63, 3.8) is 0 Å². The van der Waals surface area contributed by atoms with E-state index in [-0.39, 0.29) is 19.0 Å². The first kappa shape index (κ1) is 19.2. The van der Waals surface area contributed by atoms with E-state index in [9.17, 15) is 28.6 Å². The molecule has 144 valence electrons. The van der Waals surface area contributed by atoms with Gasteiger partial charge >= 0.3 is 0 Å². The van der Waals surface area contributed by atoms with Crippen LogP contribution in [-0.4, -0.2) is 35.7 Å². The second kappa shape index (κ2) is 7.57. The zero-order valence-corrected chi connectivity index (χ0v) is 15.2. The summed E-state index contributed by atoms with van der Waals surface area (Å²) in [7, 11) is -4.10. The van der Waals surface area contributed by atoms with Gasteiger partial charge in [0.05, 0.1) is 15.9 Å². The van der Waals surface area contributed by atoms with Crippen molar-refractivity contribution in [2.24, 2.45) is 11.8 Å². The number of rotatable bonds is 5. The van der Waals surface area contributed by atoms with Gasteiger partial charge in [-0.15, -0.1) is 0 Å². The summed E-state index contributed by atoms with van der Waals surface area (Å²) in [6.45, 7) is 0.526. The number of piperidine rings is 1. The molecule has 27 heavy (non-hydrogen) atoms. The lowest BCUT2D eigenvalue weighted by Gasteiger charge is -2.34. The molecule has 9 nitrogen and oxygen atoms in total. The lowest BCUT2D eigenvalue weighted by molar-refractivity contribution is -0.396. The maximum absolute atomic E-state index is 12.9. The SMILES string of the molecule is O=[N+]([O-])c1ccc(S(=O)(=O)N2CCC(C3C=CCC=C3)CC2)c([N+](=O)[O-])c1. The number of nitro benzene ring substituents is 2. The van der Waals surface area contributed by atoms with Crippen LogP contribution in [0.15, 0.2) is 47.4 Å². The van der Waals surface area contributed by atoms with Gasteiger partial charge < -0.3 is 0 Å². The topological polar surface area (TPSA) is 124 Å². The molecular weight excluding hydrogens is 374 g/mol. The minimum Gasteiger partial charge on any atom is -0.258 e. The summed E-state index contributed by atoms with van der Waals surface area (Å²) < 4.78 is 27.0. The van der Waals surface area contributed by atoms with Gasteiger partial charge in [0.2, 0.25) is 10.0 Å². The second-order valence-corrected chi connectivity index (χ2v) is 8.48. The van der Waals surface area contributed by atoms with Crippen LogP contribution in [0.25, 0.3) is 0 Å². The van der Waals surface area contributed by atoms with Crippen LogP contribution in [0.1, 0.15) is 19.3 Å². The molecule has 0 aromatic heterocycles. The van der Waals surface area contributed by atoms with E-state index in [4.69, 9.17) is 0 Å². The Bertz CT molecular complexity index is 905. The van der Waals surface area contributed by atoms with Crippen molar-refractivity contribution in [1.29, 1.82) is 0 Å². The lowest BCUT2D eigenvalue weighted by atomic mass is 9.83. The summed E-state index contributed by atoms with van der Waals surface area (Å²) in [5.41, 5.74) is -1.29. The number of sulfonamides is 1. The number of hydrogen-bond donors (Lipinski definition) is 0. The largest absolute Gasteiger partial charge is 0.296 e. The molecule has 10 heteroatoms. The molecule has 0 saturated carbocycles. The van der Waals surface area contributed by atoms with Crippen LogP contribution in [0, 0.1) is 32.1 Å². The molecule has 0 amide bonds. The quantitative estimate of drug-likeness (QED) is 0.430. The van der Waals surface area contributed by atoms with Crippen molar-refractivity contribution >= 4 is 21.4 Å². The highest BCUT2D eigenvalue weighted by molar-refractivity contribution is 7.89. The van der Waals surface area contributed by atoms with Crippen LogP contribution in [0.5, 0.6) is 0 Å². The highest BCUT2D eigenvalue weighted by Crippen LogP contribution is 2.34. The van der Waals surface area contributed by atoms with Gasteiger partial charge in [0, 0.05) is 19.2 Å². The van der Waals surface area contributed by atoms with Gasteiger partial charge in [-0.1, -0.05) is 24.3 Å². The molecular formula is C17H19N3O6S. The van der Waals surface area contributed by atoms with E-state index in [1.54, 1.807) is 0 Å². The molecule has 0 N–H and O–H groups in total. The van der Waals surface area contributed by atoms with Gasteiger partial charge in [0.15, 0.2) is 4.90 Å². The van der Waals surface area contributed by atoms with Gasteiger partial charge in [0.25, 0.3) is 11.4 Å². The van der Waals surface area contributed by atoms with Crippen LogP contribution in [0.2, 0.25) is 0 Å². The highest BCUT2D eigenvalue weighted by atomic mass is 32.2. The summed E-state index contributed by atoms with van der Waals surface area (Å²) in [5.74, 6) is 0.619. The summed E-state index contributed by atoms with van der Waals surface area (Å²) in [4.78, 5) is 19.9. The van der Waals surface area contributed by atoms with Gasteiger partial charge in [0.1, 0.15) is 0 Å². The third-order valence-corrected chi connectivity index (χ3v) is 6.95. The Morgan fingerprint density at radius 2 is 1.63 bits per heavy atom. The van der Waals surface area contributed by atoms with Gasteiger partial charge in [-0.3, -0.25) is 20.2 Å². The number of nitrogens with zero attached hydrogens (tertiary/aromatic N) is 3. The molecule has 0 bridgehead atoms. The fourth-order valence-corrected chi connectivity index (χ4v) is 5.16. The molecule has 1 saturated heterocycles. The first-order chi connectivity index (χ1) is 12.8. The van der Waals surface area contributed by atoms with Gasteiger partial charge in [-0.25, -0.2) is 8.42 Å². The summed E-state index contributed by atoms with van der Waals surface area (Å²) in [6.07, 6.45) is 10.7. The Labute approximate surface area is 156 Å². The fourth-order valence-electron chi connectivity index (χ4n) is 3.55. The van der Waals surface area contributed by atoms with Crippen LogP contribution < -0.4 is 0 Å². The van der Waals surface area contributed by atoms with E-state index in [1.807, 2.05) is 0 Å². The molecule has 0 radical (unpaired) electrons. The average molecular weight is 393 g/mol. The van der Waals surface area contributed by atoms with E-state index in [1.165, 1.54) is 4.31 Å². The maximum atomic E-state index is 12.9. The third-order valence-electron chi connectivity index (χ3n) is 5.00. The molecule has 1 aliphatic carbocycles. The molecule has 0 unspecified atom stereocenters. The molecule has 1 fully saturated rings. The predicted octanol–water partition coefficient (Wildman–Crippen LogP) is 3.04. The van der Waals surface area contributed by atoms with Crippen molar-refractivity contribution in [2.75, 3.05) is 13.1 Å². The van der Waals surface area contributed by atoms with Crippen LogP contribution in [0.4, 0.5) is 11.4 Å². The van der Waals surface area contributed by atoms with Crippen molar-refractivity contribution in [3.05, 3.63) is 62.7 Å². The molecule has 0 atom stereocenters. The third kappa shape index (κ3) is 3.91. The molecule has 2 aliphatic rings. The minimum atomic E-state index is -4.10. The van der Waals surface area contributed by atoms with Crippen molar-refractivity contribution < 1.29 is 18.3 Å². The van der Waals surface area contributed by atoms with Gasteiger partial charge in [-0.05, 0) is 37.2 Å². The molecule has 1 heterocycles. The molecule has 1 aliphatic heterocycles. The monoisotopic (exact) mass is 393 g/mol. The average Bonchev–Trinajstić information content (AvgIpc) is 2.68. The van der Waals surface area contributed by atoms with E-state index in [0.717, 1.165) is 18.6 Å². The molecule has 3 rings (SSSR count). The van der Waals surface area contributed by atoms with E-state index >= 15 is 0 Å². The van der Waals surface area contributed by atoms with Gasteiger partial charge in [-0.2, -0.15) is 4.31 Å². The standard InChI is InChI=1S/C17H19N3O6S/c21-19(22)15-6-7-17(16(12-15)20(23)24)27(25,26)18-10-8-14(9-11-18)13-4-2-1-3-5-13/h2-7,12-14H,1,8-11H2. The van der Waals surface area contributed by atoms with E-state index in [0.29, 0.717) is 24.8 Å². The van der Waals surface area contributed by atoms with E-state index in [2.05, 4.69) is 24.3 Å². The number of hydrogen-bond acceptors (Lipinski definition) is 6. The minimum absolute atomic E-state index is 0.263. The zero-order valence-electron chi connectivity index (χ0n) is 14.4. The van der Waals surface area contributed by atoms with Crippen LogP contribution in [-0.2, 0) is 10.0 Å². The van der Waals surface area contributed by atoms with Crippen LogP contribution in [0.3, 0.4) is 0 Å². The normalized spacial score (nSPS) is 19.3. The Hall–Kier alpha value is -2.59. The smallest absolute Gasteiger partial charge is 0.258 e. The number of non-ortho nitro benzene ring substituents is 1. The van der Waals surface area contributed by atoms with Crippen molar-refractivity contribution in [3.8, 4) is 0 Å². The molecule has 1 aromatic rings. The number of allylic oxidation sites excluding steroid dienone is 4. The Morgan fingerprint density at radius 3 is 2.19 bits per heavy atom. The lowest BCUT2D eigenvalue weighted by Crippen LogP contribution is -2.40. The summed E-state index contributed by atoms with van der Waals surface area (Å²) >= 11 is 0. The summed E-state index contributed by atoms with van der Waals surface area (Å²) in [5, 5.41) is 22.1. The van der Waals surface area contributed by atoms with E-state index < -0.39 is 36.1 Å².